The van der Waals surface area contributed by atoms with Crippen molar-refractivity contribution in [3.05, 3.63) is 60.0 Å². The third-order valence-corrected chi connectivity index (χ3v) is 4.98. The summed E-state index contributed by atoms with van der Waals surface area (Å²) in [5, 5.41) is 0. The number of aryl methyl sites for hydroxylation is 2. The molecule has 0 aliphatic rings. The van der Waals surface area contributed by atoms with Crippen LogP contribution in [0, 0.1) is 20.8 Å². The molecule has 0 aliphatic heterocycles. The molecular formula is C17H19O2S. The molecule has 0 fully saturated rings. The largest absolute Gasteiger partial charge is 0.606 e. The van der Waals surface area contributed by atoms with Gasteiger partial charge in [0.2, 0.25) is 0 Å². The normalized spacial score (nSPS) is 12.2. The fraction of sp³-hybridized carbons (Fsp3) is 0.235. The van der Waals surface area contributed by atoms with E-state index in [0.29, 0.717) is 0 Å². The summed E-state index contributed by atoms with van der Waals surface area (Å²) >= 11 is -1.17. The summed E-state index contributed by atoms with van der Waals surface area (Å²) in [6.45, 7) is 7.91. The highest BCUT2D eigenvalue weighted by atomic mass is 32.2. The monoisotopic (exact) mass is 287 g/mol. The molecule has 20 heavy (non-hydrogen) atoms. The minimum absolute atomic E-state index is 0.747. The van der Waals surface area contributed by atoms with Crippen molar-refractivity contribution >= 4 is 11.2 Å². The molecule has 0 heterocycles. The van der Waals surface area contributed by atoms with Crippen molar-refractivity contribution in [3.8, 4) is 5.75 Å². The maximum absolute atomic E-state index is 12.7. The second kappa shape index (κ2) is 6.33. The Bertz CT molecular complexity index is 567. The van der Waals surface area contributed by atoms with E-state index in [0.717, 1.165) is 33.1 Å². The SMILES string of the molecule is [CH2]Cc1cc(C)c([S+]([O-])c2ccc(OC)cc2)c(C)c1. The summed E-state index contributed by atoms with van der Waals surface area (Å²) < 4.78 is 17.9. The first-order valence-corrected chi connectivity index (χ1v) is 7.67. The smallest absolute Gasteiger partial charge is 0.164 e. The standard InChI is InChI=1S/C17H19O2S/c1-5-14-10-12(2)17(13(3)11-14)20(18)16-8-6-15(19-4)7-9-16/h6-11H,1,5H2,2-4H3. The first kappa shape index (κ1) is 14.9. The fourth-order valence-electron chi connectivity index (χ4n) is 2.29. The Hall–Kier alpha value is -1.45. The molecule has 0 aromatic heterocycles. The zero-order valence-corrected chi connectivity index (χ0v) is 12.9. The Morgan fingerprint density at radius 1 is 1.10 bits per heavy atom. The lowest BCUT2D eigenvalue weighted by atomic mass is 10.1. The zero-order chi connectivity index (χ0) is 14.7. The summed E-state index contributed by atoms with van der Waals surface area (Å²) in [5.74, 6) is 0.770. The molecule has 105 valence electrons. The van der Waals surface area contributed by atoms with E-state index in [9.17, 15) is 4.55 Å². The van der Waals surface area contributed by atoms with Gasteiger partial charge in [0, 0.05) is 22.3 Å². The number of methoxy groups -OCH3 is 1. The zero-order valence-electron chi connectivity index (χ0n) is 12.1. The Kier molecular flexibility index (Phi) is 4.73. The van der Waals surface area contributed by atoms with Crippen LogP contribution in [0.2, 0.25) is 0 Å². The highest BCUT2D eigenvalue weighted by Gasteiger charge is 2.20. The van der Waals surface area contributed by atoms with Crippen molar-refractivity contribution in [2.75, 3.05) is 7.11 Å². The van der Waals surface area contributed by atoms with Crippen LogP contribution < -0.4 is 4.74 Å². The van der Waals surface area contributed by atoms with Crippen LogP contribution in [0.25, 0.3) is 0 Å². The van der Waals surface area contributed by atoms with Crippen LogP contribution in [0.3, 0.4) is 0 Å². The third kappa shape index (κ3) is 3.00. The van der Waals surface area contributed by atoms with Crippen molar-refractivity contribution in [2.45, 2.75) is 30.1 Å². The quantitative estimate of drug-likeness (QED) is 0.800. The van der Waals surface area contributed by atoms with E-state index in [1.54, 1.807) is 7.11 Å². The minimum Gasteiger partial charge on any atom is -0.606 e. The number of hydrogen-bond acceptors (Lipinski definition) is 2. The molecule has 2 nitrogen and oxygen atoms in total. The van der Waals surface area contributed by atoms with Crippen molar-refractivity contribution in [3.63, 3.8) is 0 Å². The molecule has 0 aliphatic carbocycles. The van der Waals surface area contributed by atoms with Crippen LogP contribution >= 0.6 is 0 Å². The second-order valence-corrected chi connectivity index (χ2v) is 6.17. The van der Waals surface area contributed by atoms with Crippen LogP contribution in [0.1, 0.15) is 16.7 Å². The van der Waals surface area contributed by atoms with E-state index in [2.05, 4.69) is 19.1 Å². The van der Waals surface area contributed by atoms with Gasteiger partial charge in [0.1, 0.15) is 5.75 Å². The van der Waals surface area contributed by atoms with Crippen molar-refractivity contribution in [1.82, 2.24) is 0 Å². The third-order valence-electron chi connectivity index (χ3n) is 3.27. The van der Waals surface area contributed by atoms with E-state index in [-0.39, 0.29) is 0 Å². The molecule has 2 rings (SSSR count). The molecular weight excluding hydrogens is 268 g/mol. The molecule has 0 saturated carbocycles. The maximum atomic E-state index is 12.7. The van der Waals surface area contributed by atoms with Gasteiger partial charge in [-0.1, -0.05) is 12.1 Å². The van der Waals surface area contributed by atoms with Crippen molar-refractivity contribution in [1.29, 1.82) is 0 Å². The first-order chi connectivity index (χ1) is 9.56. The first-order valence-electron chi connectivity index (χ1n) is 6.52. The Morgan fingerprint density at radius 2 is 1.65 bits per heavy atom. The average Bonchev–Trinajstić information content (AvgIpc) is 2.46. The molecule has 0 N–H and O–H groups in total. The van der Waals surface area contributed by atoms with E-state index < -0.39 is 11.2 Å². The van der Waals surface area contributed by atoms with Crippen LogP contribution in [-0.4, -0.2) is 11.7 Å². The van der Waals surface area contributed by atoms with Gasteiger partial charge in [0.25, 0.3) is 0 Å². The summed E-state index contributed by atoms with van der Waals surface area (Å²) in [4.78, 5) is 1.69. The van der Waals surface area contributed by atoms with E-state index in [1.807, 2.05) is 38.1 Å². The average molecular weight is 287 g/mol. The summed E-state index contributed by atoms with van der Waals surface area (Å²) in [6.07, 6.45) is 0.747. The van der Waals surface area contributed by atoms with Gasteiger partial charge in [-0.2, -0.15) is 0 Å². The number of benzene rings is 2. The van der Waals surface area contributed by atoms with Gasteiger partial charge in [0.15, 0.2) is 9.79 Å². The molecule has 0 spiro atoms. The van der Waals surface area contributed by atoms with Crippen molar-refractivity contribution < 1.29 is 9.29 Å². The Balaban J connectivity index is 2.39. The number of rotatable bonds is 4. The highest BCUT2D eigenvalue weighted by Crippen LogP contribution is 2.29. The predicted molar refractivity (Wildman–Crippen MR) is 82.6 cm³/mol. The molecule has 2 aromatic rings. The Labute approximate surface area is 124 Å². The Morgan fingerprint density at radius 3 is 2.10 bits per heavy atom. The molecule has 1 atom stereocenters. The van der Waals surface area contributed by atoms with Gasteiger partial charge >= 0.3 is 0 Å². The van der Waals surface area contributed by atoms with Gasteiger partial charge < -0.3 is 9.29 Å². The van der Waals surface area contributed by atoms with Gasteiger partial charge in [-0.3, -0.25) is 0 Å². The topological polar surface area (TPSA) is 32.3 Å². The molecule has 1 radical (unpaired) electrons. The lowest BCUT2D eigenvalue weighted by Gasteiger charge is -2.16. The molecule has 1 unspecified atom stereocenters. The molecule has 2 aromatic carbocycles. The van der Waals surface area contributed by atoms with Gasteiger partial charge in [-0.05, 0) is 57.0 Å². The molecule has 0 bridgehead atoms. The number of ether oxygens (including phenoxy) is 1. The van der Waals surface area contributed by atoms with Gasteiger partial charge in [-0.15, -0.1) is 0 Å². The maximum Gasteiger partial charge on any atom is 0.164 e. The van der Waals surface area contributed by atoms with Crippen LogP contribution in [0.4, 0.5) is 0 Å². The molecule has 3 heteroatoms. The lowest BCUT2D eigenvalue weighted by Crippen LogP contribution is -2.07. The second-order valence-electron chi connectivity index (χ2n) is 4.75. The van der Waals surface area contributed by atoms with Crippen molar-refractivity contribution in [2.24, 2.45) is 0 Å². The van der Waals surface area contributed by atoms with Crippen LogP contribution in [-0.2, 0) is 17.6 Å². The predicted octanol–water partition coefficient (Wildman–Crippen LogP) is 3.86. The highest BCUT2D eigenvalue weighted by molar-refractivity contribution is 7.91. The van der Waals surface area contributed by atoms with Crippen LogP contribution in [0.5, 0.6) is 5.75 Å². The summed E-state index contributed by atoms with van der Waals surface area (Å²) in [5.41, 5.74) is 3.28. The molecule has 0 amide bonds. The lowest BCUT2D eigenvalue weighted by molar-refractivity contribution is 0.414. The molecule has 0 saturated heterocycles. The van der Waals surface area contributed by atoms with Gasteiger partial charge in [-0.25, -0.2) is 0 Å². The van der Waals surface area contributed by atoms with E-state index >= 15 is 0 Å². The van der Waals surface area contributed by atoms with Crippen LogP contribution in [0.15, 0.2) is 46.2 Å². The van der Waals surface area contributed by atoms with Gasteiger partial charge in [0.05, 0.1) is 7.11 Å². The van der Waals surface area contributed by atoms with E-state index in [4.69, 9.17) is 4.74 Å². The summed E-state index contributed by atoms with van der Waals surface area (Å²) in [6, 6.07) is 11.5. The summed E-state index contributed by atoms with van der Waals surface area (Å²) in [7, 11) is 1.62. The minimum atomic E-state index is -1.17. The van der Waals surface area contributed by atoms with E-state index in [1.165, 1.54) is 5.56 Å². The fourth-order valence-corrected chi connectivity index (χ4v) is 3.62. The number of hydrogen-bond donors (Lipinski definition) is 0.